The predicted octanol–water partition coefficient (Wildman–Crippen LogP) is 4.78. The number of fused-ring (bicyclic) bond motifs is 1. The van der Waals surface area contributed by atoms with Crippen molar-refractivity contribution in [1.82, 2.24) is 29.3 Å². The predicted molar refractivity (Wildman–Crippen MR) is 141 cm³/mol. The van der Waals surface area contributed by atoms with E-state index >= 15 is 0 Å². The topological polar surface area (TPSA) is 97.5 Å². The summed E-state index contributed by atoms with van der Waals surface area (Å²) in [5, 5.41) is 19.2. The van der Waals surface area contributed by atoms with Crippen LogP contribution in [0.3, 0.4) is 0 Å². The molecule has 0 aliphatic carbocycles. The quantitative estimate of drug-likeness (QED) is 0.368. The van der Waals surface area contributed by atoms with E-state index < -0.39 is 5.60 Å². The molecule has 0 radical (unpaired) electrons. The molecule has 0 spiro atoms. The molecule has 8 nitrogen and oxygen atoms in total. The van der Waals surface area contributed by atoms with E-state index in [2.05, 4.69) is 37.6 Å². The molecule has 1 aromatic carbocycles. The van der Waals surface area contributed by atoms with Crippen LogP contribution in [0.5, 0.6) is 0 Å². The molecule has 0 bridgehead atoms. The second-order valence-corrected chi connectivity index (χ2v) is 10.6. The van der Waals surface area contributed by atoms with Gasteiger partial charge in [0.1, 0.15) is 5.82 Å². The Balaban J connectivity index is 1.42. The molecule has 1 aliphatic heterocycles. The lowest BCUT2D eigenvalue weighted by Crippen LogP contribution is -2.35. The standard InChI is InChI=1S/C26H30BrN7O/c1-17(13-26(2,3)35)32-11-9-18(10-12-32)23-22(27)24(28)34-25(31-23)21(15-30-34)19-14-29-33(16-19)20-7-5-4-6-8-20/h4-8,14-16,18,35H,1,9-13,28H2,2-3H3. The first kappa shape index (κ1) is 23.6. The van der Waals surface area contributed by atoms with Gasteiger partial charge < -0.3 is 15.7 Å². The molecule has 4 aromatic rings. The fourth-order valence-corrected chi connectivity index (χ4v) is 5.33. The summed E-state index contributed by atoms with van der Waals surface area (Å²) in [7, 11) is 0. The van der Waals surface area contributed by atoms with E-state index in [0.717, 1.165) is 64.3 Å². The zero-order chi connectivity index (χ0) is 24.7. The van der Waals surface area contributed by atoms with Crippen molar-refractivity contribution in [2.75, 3.05) is 18.8 Å². The summed E-state index contributed by atoms with van der Waals surface area (Å²) in [5.41, 5.74) is 11.2. The van der Waals surface area contributed by atoms with Gasteiger partial charge in [-0.25, -0.2) is 9.67 Å². The number of anilines is 1. The molecule has 0 unspecified atom stereocenters. The molecule has 3 aromatic heterocycles. The van der Waals surface area contributed by atoms with Gasteiger partial charge in [0.25, 0.3) is 0 Å². The molecular formula is C26H30BrN7O. The maximum Gasteiger partial charge on any atom is 0.165 e. The van der Waals surface area contributed by atoms with Crippen LogP contribution < -0.4 is 5.73 Å². The number of hydrogen-bond donors (Lipinski definition) is 2. The molecule has 3 N–H and O–H groups in total. The van der Waals surface area contributed by atoms with Crippen LogP contribution in [0.25, 0.3) is 22.5 Å². The van der Waals surface area contributed by atoms with Crippen LogP contribution in [-0.4, -0.2) is 53.1 Å². The molecule has 182 valence electrons. The van der Waals surface area contributed by atoms with E-state index in [9.17, 15) is 5.11 Å². The lowest BCUT2D eigenvalue weighted by Gasteiger charge is -2.36. The van der Waals surface area contributed by atoms with Gasteiger partial charge in [-0.3, -0.25) is 0 Å². The first-order valence-electron chi connectivity index (χ1n) is 11.8. The first-order valence-corrected chi connectivity index (χ1v) is 12.6. The third-order valence-electron chi connectivity index (χ3n) is 6.53. The fourth-order valence-electron chi connectivity index (χ4n) is 4.75. The number of para-hydroxylation sites is 1. The second kappa shape index (κ2) is 9.13. The zero-order valence-electron chi connectivity index (χ0n) is 20.0. The van der Waals surface area contributed by atoms with Gasteiger partial charge in [-0.2, -0.15) is 14.7 Å². The summed E-state index contributed by atoms with van der Waals surface area (Å²) in [6, 6.07) is 9.99. The van der Waals surface area contributed by atoms with Crippen molar-refractivity contribution < 1.29 is 5.11 Å². The van der Waals surface area contributed by atoms with Crippen molar-refractivity contribution in [2.24, 2.45) is 0 Å². The maximum absolute atomic E-state index is 10.2. The van der Waals surface area contributed by atoms with Crippen molar-refractivity contribution in [3.05, 3.63) is 71.4 Å². The van der Waals surface area contributed by atoms with E-state index in [1.165, 1.54) is 0 Å². The number of nitrogens with zero attached hydrogens (tertiary/aromatic N) is 6. The minimum absolute atomic E-state index is 0.262. The highest BCUT2D eigenvalue weighted by Crippen LogP contribution is 2.37. The number of piperidine rings is 1. The van der Waals surface area contributed by atoms with Gasteiger partial charge in [0.15, 0.2) is 5.65 Å². The van der Waals surface area contributed by atoms with Crippen LogP contribution in [0.15, 0.2) is 65.7 Å². The number of benzene rings is 1. The highest BCUT2D eigenvalue weighted by molar-refractivity contribution is 9.10. The van der Waals surface area contributed by atoms with E-state index in [1.807, 2.05) is 61.3 Å². The van der Waals surface area contributed by atoms with E-state index in [1.54, 1.807) is 10.7 Å². The number of nitrogen functional groups attached to an aromatic ring is 1. The monoisotopic (exact) mass is 535 g/mol. The Morgan fingerprint density at radius 1 is 1.17 bits per heavy atom. The van der Waals surface area contributed by atoms with Crippen LogP contribution in [0.2, 0.25) is 0 Å². The van der Waals surface area contributed by atoms with Crippen LogP contribution in [0, 0.1) is 0 Å². The van der Waals surface area contributed by atoms with Crippen molar-refractivity contribution in [3.8, 4) is 16.8 Å². The molecule has 9 heteroatoms. The average molecular weight is 536 g/mol. The number of hydrogen-bond acceptors (Lipinski definition) is 6. The average Bonchev–Trinajstić information content (AvgIpc) is 3.48. The second-order valence-electron chi connectivity index (χ2n) is 9.82. The van der Waals surface area contributed by atoms with Gasteiger partial charge in [-0.05, 0) is 54.8 Å². The Labute approximate surface area is 213 Å². The first-order chi connectivity index (χ1) is 16.7. The zero-order valence-corrected chi connectivity index (χ0v) is 21.6. The minimum atomic E-state index is -0.759. The summed E-state index contributed by atoms with van der Waals surface area (Å²) >= 11 is 3.69. The lowest BCUT2D eigenvalue weighted by molar-refractivity contribution is 0.0703. The van der Waals surface area contributed by atoms with Crippen LogP contribution in [-0.2, 0) is 0 Å². The van der Waals surface area contributed by atoms with Gasteiger partial charge in [0.2, 0.25) is 0 Å². The number of aromatic nitrogens is 5. The summed E-state index contributed by atoms with van der Waals surface area (Å²) in [5.74, 6) is 0.804. The molecule has 0 saturated carbocycles. The third kappa shape index (κ3) is 4.70. The SMILES string of the molecule is C=C(CC(C)(C)O)N1CCC(c2nc3c(-c4cnn(-c5ccccc5)c4)cnn3c(N)c2Br)CC1. The summed E-state index contributed by atoms with van der Waals surface area (Å²) in [4.78, 5) is 7.33. The van der Waals surface area contributed by atoms with Crippen molar-refractivity contribution in [2.45, 2.75) is 44.6 Å². The highest BCUT2D eigenvalue weighted by atomic mass is 79.9. The molecule has 1 fully saturated rings. The number of likely N-dealkylation sites (tertiary alicyclic amines) is 1. The van der Waals surface area contributed by atoms with Crippen molar-refractivity contribution in [3.63, 3.8) is 0 Å². The highest BCUT2D eigenvalue weighted by Gasteiger charge is 2.28. The van der Waals surface area contributed by atoms with Gasteiger partial charge >= 0.3 is 0 Å². The molecule has 4 heterocycles. The van der Waals surface area contributed by atoms with Crippen LogP contribution in [0.1, 0.15) is 44.7 Å². The number of aliphatic hydroxyl groups is 1. The molecule has 35 heavy (non-hydrogen) atoms. The van der Waals surface area contributed by atoms with Crippen molar-refractivity contribution in [1.29, 1.82) is 0 Å². The van der Waals surface area contributed by atoms with Gasteiger partial charge in [-0.15, -0.1) is 0 Å². The summed E-state index contributed by atoms with van der Waals surface area (Å²) < 4.78 is 4.33. The van der Waals surface area contributed by atoms with E-state index in [-0.39, 0.29) is 5.92 Å². The molecule has 1 saturated heterocycles. The number of halogens is 1. The third-order valence-corrected chi connectivity index (χ3v) is 7.34. The lowest BCUT2D eigenvalue weighted by atomic mass is 9.92. The maximum atomic E-state index is 10.2. The Hall–Kier alpha value is -3.17. The van der Waals surface area contributed by atoms with Crippen LogP contribution in [0.4, 0.5) is 5.82 Å². The molecular weight excluding hydrogens is 506 g/mol. The molecule has 1 aliphatic rings. The Bertz CT molecular complexity index is 1360. The summed E-state index contributed by atoms with van der Waals surface area (Å²) in [6.45, 7) is 9.57. The Morgan fingerprint density at radius 2 is 1.89 bits per heavy atom. The fraction of sp³-hybridized carbons (Fsp3) is 0.346. The van der Waals surface area contributed by atoms with E-state index in [0.29, 0.717) is 12.2 Å². The molecule has 5 rings (SSSR count). The molecule has 0 atom stereocenters. The Morgan fingerprint density at radius 3 is 2.57 bits per heavy atom. The largest absolute Gasteiger partial charge is 0.390 e. The van der Waals surface area contributed by atoms with Gasteiger partial charge in [0, 0.05) is 48.4 Å². The van der Waals surface area contributed by atoms with Crippen LogP contribution >= 0.6 is 15.9 Å². The smallest absolute Gasteiger partial charge is 0.165 e. The van der Waals surface area contributed by atoms with Gasteiger partial charge in [0.05, 0.1) is 33.8 Å². The van der Waals surface area contributed by atoms with E-state index in [4.69, 9.17) is 10.7 Å². The normalized spacial score (nSPS) is 15.1. The van der Waals surface area contributed by atoms with Crippen molar-refractivity contribution >= 4 is 27.4 Å². The molecule has 0 amide bonds. The van der Waals surface area contributed by atoms with Gasteiger partial charge in [-0.1, -0.05) is 24.8 Å². The number of rotatable bonds is 6. The minimum Gasteiger partial charge on any atom is -0.390 e. The Kier molecular flexibility index (Phi) is 6.14. The summed E-state index contributed by atoms with van der Waals surface area (Å²) in [6.07, 6.45) is 8.04. The number of nitrogens with two attached hydrogens (primary N) is 1.